The van der Waals surface area contributed by atoms with E-state index in [-0.39, 0.29) is 15.9 Å². The zero-order chi connectivity index (χ0) is 30.0. The quantitative estimate of drug-likeness (QED) is 0.345. The normalized spacial score (nSPS) is 21.8. The third-order valence-corrected chi connectivity index (χ3v) is 12.0. The van der Waals surface area contributed by atoms with E-state index in [2.05, 4.69) is 25.8 Å². The predicted octanol–water partition coefficient (Wildman–Crippen LogP) is 5.08. The molecule has 1 aromatic heterocycles. The maximum absolute atomic E-state index is 14.1. The van der Waals surface area contributed by atoms with Gasteiger partial charge in [-0.25, -0.2) is 8.42 Å². The highest BCUT2D eigenvalue weighted by Gasteiger charge is 2.34. The number of hydrogen-bond acceptors (Lipinski definition) is 9. The fraction of sp³-hybridized carbons (Fsp3) is 0.545. The molecule has 2 aromatic carbocycles. The number of likely N-dealkylation sites (tertiary alicyclic amines) is 2. The van der Waals surface area contributed by atoms with Crippen LogP contribution in [0, 0.1) is 0 Å². The molecule has 10 heteroatoms. The van der Waals surface area contributed by atoms with Gasteiger partial charge in [0.1, 0.15) is 10.6 Å². The summed E-state index contributed by atoms with van der Waals surface area (Å²) in [5, 5.41) is 11.0. The molecule has 0 radical (unpaired) electrons. The lowest BCUT2D eigenvalue weighted by Gasteiger charge is -2.45. The molecule has 0 aliphatic carbocycles. The molecule has 0 amide bonds. The minimum atomic E-state index is -3.82. The average Bonchev–Trinajstić information content (AvgIpc) is 3.04. The first-order valence-electron chi connectivity index (χ1n) is 15.7. The van der Waals surface area contributed by atoms with E-state index in [4.69, 9.17) is 4.74 Å². The molecule has 0 bridgehead atoms. The maximum Gasteiger partial charge on any atom is 0.210 e. The van der Waals surface area contributed by atoms with Gasteiger partial charge < -0.3 is 19.6 Å². The van der Waals surface area contributed by atoms with Gasteiger partial charge in [-0.15, -0.1) is 11.8 Å². The molecule has 4 heterocycles. The molecule has 43 heavy (non-hydrogen) atoms. The largest absolute Gasteiger partial charge is 0.494 e. The molecular formula is C33H44N4O4S2. The molecule has 3 aromatic rings. The van der Waals surface area contributed by atoms with Gasteiger partial charge in [0.25, 0.3) is 0 Å². The molecule has 1 atom stereocenters. The second-order valence-corrected chi connectivity index (χ2v) is 14.8. The molecule has 232 valence electrons. The van der Waals surface area contributed by atoms with Crippen LogP contribution >= 0.6 is 11.8 Å². The highest BCUT2D eigenvalue weighted by Crippen LogP contribution is 2.39. The van der Waals surface area contributed by atoms with Crippen molar-refractivity contribution in [2.24, 2.45) is 0 Å². The Morgan fingerprint density at radius 2 is 1.63 bits per heavy atom. The van der Waals surface area contributed by atoms with Crippen LogP contribution in [0.3, 0.4) is 0 Å². The van der Waals surface area contributed by atoms with E-state index in [1.54, 1.807) is 42.2 Å². The fourth-order valence-electron chi connectivity index (χ4n) is 7.18. The molecule has 6 rings (SSSR count). The highest BCUT2D eigenvalue weighted by atomic mass is 32.2. The maximum atomic E-state index is 14.1. The number of rotatable bonds is 8. The molecule has 3 fully saturated rings. The number of ether oxygens (including phenoxy) is 1. The average molecular weight is 625 g/mol. The van der Waals surface area contributed by atoms with Crippen molar-refractivity contribution >= 4 is 38.2 Å². The molecule has 3 aliphatic rings. The Balaban J connectivity index is 1.22. The van der Waals surface area contributed by atoms with Crippen LogP contribution in [-0.2, 0) is 9.84 Å². The van der Waals surface area contributed by atoms with E-state index in [9.17, 15) is 13.5 Å². The number of fused-ring (bicyclic) bond motifs is 1. The smallest absolute Gasteiger partial charge is 0.210 e. The van der Waals surface area contributed by atoms with Gasteiger partial charge in [0, 0.05) is 48.2 Å². The zero-order valence-electron chi connectivity index (χ0n) is 25.3. The van der Waals surface area contributed by atoms with Crippen LogP contribution in [0.5, 0.6) is 5.75 Å². The van der Waals surface area contributed by atoms with E-state index in [1.807, 2.05) is 25.3 Å². The first-order valence-corrected chi connectivity index (χ1v) is 18.4. The Bertz CT molecular complexity index is 1500. The van der Waals surface area contributed by atoms with E-state index in [0.29, 0.717) is 24.4 Å². The number of piperidine rings is 3. The number of thioether (sulfide) groups is 1. The summed E-state index contributed by atoms with van der Waals surface area (Å²) in [6, 6.07) is 13.9. The van der Waals surface area contributed by atoms with E-state index in [1.165, 1.54) is 0 Å². The molecule has 3 saturated heterocycles. The van der Waals surface area contributed by atoms with Crippen molar-refractivity contribution in [3.63, 3.8) is 0 Å². The van der Waals surface area contributed by atoms with Gasteiger partial charge in [0.15, 0.2) is 0 Å². The first kappa shape index (κ1) is 30.6. The van der Waals surface area contributed by atoms with Crippen LogP contribution < -0.4 is 9.64 Å². The van der Waals surface area contributed by atoms with E-state index >= 15 is 0 Å². The minimum Gasteiger partial charge on any atom is -0.494 e. The van der Waals surface area contributed by atoms with Gasteiger partial charge in [-0.05, 0) is 114 Å². The lowest BCUT2D eigenvalue weighted by Crippen LogP contribution is -2.53. The predicted molar refractivity (Wildman–Crippen MR) is 173 cm³/mol. The molecule has 1 N–H and O–H groups in total. The Morgan fingerprint density at radius 3 is 2.30 bits per heavy atom. The summed E-state index contributed by atoms with van der Waals surface area (Å²) in [4.78, 5) is 13.7. The van der Waals surface area contributed by atoms with Gasteiger partial charge >= 0.3 is 0 Å². The summed E-state index contributed by atoms with van der Waals surface area (Å²) >= 11 is 1.65. The number of β-amino-alcohol motifs (C(OH)–C–C–N with tert-alkyl or cyclic N) is 1. The van der Waals surface area contributed by atoms with Gasteiger partial charge in [0.2, 0.25) is 9.84 Å². The minimum absolute atomic E-state index is 0.171. The van der Waals surface area contributed by atoms with Crippen LogP contribution in [0.2, 0.25) is 0 Å². The number of benzene rings is 2. The third kappa shape index (κ3) is 6.54. The summed E-state index contributed by atoms with van der Waals surface area (Å²) in [6.45, 7) is 8.16. The number of hydrogen-bond donors (Lipinski definition) is 1. The molecule has 0 spiro atoms. The van der Waals surface area contributed by atoms with Gasteiger partial charge in [0.05, 0.1) is 28.8 Å². The van der Waals surface area contributed by atoms with E-state index < -0.39 is 9.84 Å². The molecule has 8 nitrogen and oxygen atoms in total. The number of aromatic nitrogens is 1. The zero-order valence-corrected chi connectivity index (χ0v) is 27.0. The van der Waals surface area contributed by atoms with Crippen molar-refractivity contribution in [2.75, 3.05) is 57.0 Å². The standard InChI is InChI=1S/C33H44N4O4S2/c1-3-41-27-6-9-29(10-7-27)43(39,40)32-22-34-31-11-8-28(42-2)21-30(31)33(32)36-19-14-24(15-20-36)35-17-12-25(13-18-35)37-16-4-5-26(38)23-37/h6-11,21-22,24-26,38H,3-5,12-20,23H2,1-2H3/t26-/m0/s1. The van der Waals surface area contributed by atoms with Gasteiger partial charge in [-0.1, -0.05) is 0 Å². The lowest BCUT2D eigenvalue weighted by molar-refractivity contribution is 0.0170. The van der Waals surface area contributed by atoms with Crippen LogP contribution in [0.25, 0.3) is 10.9 Å². The van der Waals surface area contributed by atoms with Crippen molar-refractivity contribution in [1.29, 1.82) is 0 Å². The van der Waals surface area contributed by atoms with Crippen molar-refractivity contribution in [2.45, 2.75) is 78.3 Å². The molecule has 3 aliphatic heterocycles. The Hall–Kier alpha value is -2.37. The fourth-order valence-corrected chi connectivity index (χ4v) is 9.06. The van der Waals surface area contributed by atoms with Gasteiger partial charge in [-0.3, -0.25) is 9.88 Å². The highest BCUT2D eigenvalue weighted by molar-refractivity contribution is 7.98. The Morgan fingerprint density at radius 1 is 0.930 bits per heavy atom. The summed E-state index contributed by atoms with van der Waals surface area (Å²) in [5.74, 6) is 0.655. The van der Waals surface area contributed by atoms with Gasteiger partial charge in [-0.2, -0.15) is 0 Å². The molecule has 0 saturated carbocycles. The first-order chi connectivity index (χ1) is 20.9. The SMILES string of the molecule is CCOc1ccc(S(=O)(=O)c2cnc3ccc(SC)cc3c2N2CCC(N3CCC(N4CCC[C@H](O)C4)CC3)CC2)cc1. The summed E-state index contributed by atoms with van der Waals surface area (Å²) < 4.78 is 33.8. The number of pyridine rings is 1. The number of aliphatic hydroxyl groups is 1. The number of aliphatic hydroxyl groups excluding tert-OH is 1. The second kappa shape index (κ2) is 13.3. The topological polar surface area (TPSA) is 86.2 Å². The van der Waals surface area contributed by atoms with Crippen molar-refractivity contribution < 1.29 is 18.3 Å². The third-order valence-electron chi connectivity index (χ3n) is 9.49. The Labute approximate surface area is 260 Å². The van der Waals surface area contributed by atoms with E-state index in [0.717, 1.165) is 99.3 Å². The van der Waals surface area contributed by atoms with Crippen LogP contribution in [-0.4, -0.2) is 98.6 Å². The Kier molecular flexibility index (Phi) is 9.49. The summed E-state index contributed by atoms with van der Waals surface area (Å²) in [5.41, 5.74) is 1.58. The lowest BCUT2D eigenvalue weighted by atomic mass is 9.95. The molecular weight excluding hydrogens is 581 g/mol. The number of anilines is 1. The van der Waals surface area contributed by atoms with Crippen molar-refractivity contribution in [3.05, 3.63) is 48.7 Å². The number of sulfone groups is 1. The molecule has 0 unspecified atom stereocenters. The summed E-state index contributed by atoms with van der Waals surface area (Å²) in [7, 11) is -3.82. The van der Waals surface area contributed by atoms with Crippen molar-refractivity contribution in [1.82, 2.24) is 14.8 Å². The number of nitrogens with zero attached hydrogens (tertiary/aromatic N) is 4. The summed E-state index contributed by atoms with van der Waals surface area (Å²) in [6.07, 6.45) is 9.77. The van der Waals surface area contributed by atoms with Crippen LogP contribution in [0.4, 0.5) is 5.69 Å². The second-order valence-electron chi connectivity index (χ2n) is 12.0. The van der Waals surface area contributed by atoms with Crippen LogP contribution in [0.15, 0.2) is 63.3 Å². The van der Waals surface area contributed by atoms with Crippen molar-refractivity contribution in [3.8, 4) is 5.75 Å². The van der Waals surface area contributed by atoms with Crippen LogP contribution in [0.1, 0.15) is 45.4 Å². The monoisotopic (exact) mass is 624 g/mol.